The van der Waals surface area contributed by atoms with Gasteiger partial charge in [0.1, 0.15) is 11.6 Å². The van der Waals surface area contributed by atoms with E-state index in [4.69, 9.17) is 0 Å². The molecular formula is C22H27F2N3O. The molecule has 1 heterocycles. The van der Waals surface area contributed by atoms with Crippen LogP contribution in [0, 0.1) is 11.6 Å². The van der Waals surface area contributed by atoms with E-state index in [1.165, 1.54) is 30.3 Å². The van der Waals surface area contributed by atoms with Crippen LogP contribution in [0.25, 0.3) is 0 Å². The van der Waals surface area contributed by atoms with Gasteiger partial charge in [-0.3, -0.25) is 4.90 Å². The minimum atomic E-state index is -0.338. The van der Waals surface area contributed by atoms with Crippen molar-refractivity contribution in [3.05, 3.63) is 65.7 Å². The molecule has 0 radical (unpaired) electrons. The van der Waals surface area contributed by atoms with Gasteiger partial charge in [-0.15, -0.1) is 0 Å². The lowest BCUT2D eigenvalue weighted by atomic mass is 9.84. The zero-order valence-corrected chi connectivity index (χ0v) is 16.1. The summed E-state index contributed by atoms with van der Waals surface area (Å²) in [5.74, 6) is -0.264. The second kappa shape index (κ2) is 9.64. The molecule has 1 saturated heterocycles. The molecule has 2 aromatic carbocycles. The van der Waals surface area contributed by atoms with Gasteiger partial charge in [0, 0.05) is 30.7 Å². The van der Waals surface area contributed by atoms with Crippen molar-refractivity contribution in [2.75, 3.05) is 25.0 Å². The zero-order chi connectivity index (χ0) is 19.9. The number of nitrogens with one attached hydrogen (secondary N) is 2. The number of piperidine rings is 1. The Hall–Kier alpha value is -2.47. The number of hydrogen-bond donors (Lipinski definition) is 2. The molecule has 2 atom stereocenters. The van der Waals surface area contributed by atoms with Gasteiger partial charge < -0.3 is 10.6 Å². The van der Waals surface area contributed by atoms with Crippen LogP contribution in [0.15, 0.2) is 48.5 Å². The molecule has 28 heavy (non-hydrogen) atoms. The van der Waals surface area contributed by atoms with Crippen LogP contribution >= 0.6 is 0 Å². The SMILES string of the molecule is CC1C(c2ccccc2F)CCCN1CCCNC(=O)Nc1ccc(F)cc1. The maximum absolute atomic E-state index is 14.2. The predicted octanol–water partition coefficient (Wildman–Crippen LogP) is 4.74. The fourth-order valence-corrected chi connectivity index (χ4v) is 3.91. The van der Waals surface area contributed by atoms with E-state index in [2.05, 4.69) is 22.5 Å². The Morgan fingerprint density at radius 2 is 1.89 bits per heavy atom. The van der Waals surface area contributed by atoms with E-state index >= 15 is 0 Å². The number of hydrogen-bond acceptors (Lipinski definition) is 2. The number of amides is 2. The first-order valence-corrected chi connectivity index (χ1v) is 9.83. The molecule has 150 valence electrons. The van der Waals surface area contributed by atoms with Crippen molar-refractivity contribution in [2.24, 2.45) is 0 Å². The normalized spacial score (nSPS) is 20.0. The van der Waals surface area contributed by atoms with Gasteiger partial charge in [-0.05, 0) is 68.6 Å². The van der Waals surface area contributed by atoms with Gasteiger partial charge in [-0.2, -0.15) is 0 Å². The Labute approximate surface area is 164 Å². The second-order valence-corrected chi connectivity index (χ2v) is 7.29. The number of benzene rings is 2. The predicted molar refractivity (Wildman–Crippen MR) is 107 cm³/mol. The summed E-state index contributed by atoms with van der Waals surface area (Å²) in [5.41, 5.74) is 1.35. The third-order valence-electron chi connectivity index (χ3n) is 5.43. The van der Waals surface area contributed by atoms with E-state index < -0.39 is 0 Å². The molecule has 1 fully saturated rings. The Morgan fingerprint density at radius 3 is 2.64 bits per heavy atom. The Bertz CT molecular complexity index is 782. The quantitative estimate of drug-likeness (QED) is 0.703. The van der Waals surface area contributed by atoms with Gasteiger partial charge in [0.2, 0.25) is 0 Å². The molecule has 0 bridgehead atoms. The van der Waals surface area contributed by atoms with Crippen molar-refractivity contribution >= 4 is 11.7 Å². The van der Waals surface area contributed by atoms with Crippen LogP contribution in [0.3, 0.4) is 0 Å². The molecule has 2 amide bonds. The topological polar surface area (TPSA) is 44.4 Å². The Balaban J connectivity index is 1.43. The number of likely N-dealkylation sites (tertiary alicyclic amines) is 1. The van der Waals surface area contributed by atoms with Crippen molar-refractivity contribution in [1.82, 2.24) is 10.2 Å². The van der Waals surface area contributed by atoms with E-state index in [0.717, 1.165) is 37.9 Å². The maximum Gasteiger partial charge on any atom is 0.319 e. The zero-order valence-electron chi connectivity index (χ0n) is 16.1. The molecule has 0 saturated carbocycles. The number of halogens is 2. The number of carbonyl (C=O) groups is 1. The lowest BCUT2D eigenvalue weighted by Gasteiger charge is -2.40. The van der Waals surface area contributed by atoms with Gasteiger partial charge in [-0.1, -0.05) is 18.2 Å². The van der Waals surface area contributed by atoms with E-state index in [0.29, 0.717) is 12.2 Å². The first-order chi connectivity index (χ1) is 13.5. The molecule has 1 aliphatic rings. The van der Waals surface area contributed by atoms with Crippen LogP contribution in [0.4, 0.5) is 19.3 Å². The smallest absolute Gasteiger partial charge is 0.319 e. The first kappa shape index (κ1) is 20.3. The van der Waals surface area contributed by atoms with Gasteiger partial charge in [0.05, 0.1) is 0 Å². The first-order valence-electron chi connectivity index (χ1n) is 9.83. The second-order valence-electron chi connectivity index (χ2n) is 7.29. The third-order valence-corrected chi connectivity index (χ3v) is 5.43. The highest BCUT2D eigenvalue weighted by Crippen LogP contribution is 2.33. The highest BCUT2D eigenvalue weighted by atomic mass is 19.1. The molecule has 4 nitrogen and oxygen atoms in total. The van der Waals surface area contributed by atoms with Crippen molar-refractivity contribution in [3.8, 4) is 0 Å². The van der Waals surface area contributed by atoms with Crippen LogP contribution in [0.5, 0.6) is 0 Å². The van der Waals surface area contributed by atoms with Crippen molar-refractivity contribution in [1.29, 1.82) is 0 Å². The summed E-state index contributed by atoms with van der Waals surface area (Å²) in [7, 11) is 0. The molecule has 0 aromatic heterocycles. The highest BCUT2D eigenvalue weighted by molar-refractivity contribution is 5.89. The average Bonchev–Trinajstić information content (AvgIpc) is 2.69. The lowest BCUT2D eigenvalue weighted by molar-refractivity contribution is 0.136. The Morgan fingerprint density at radius 1 is 1.14 bits per heavy atom. The maximum atomic E-state index is 14.2. The van der Waals surface area contributed by atoms with E-state index in [9.17, 15) is 13.6 Å². The van der Waals surface area contributed by atoms with E-state index in [-0.39, 0.29) is 29.6 Å². The molecule has 2 N–H and O–H groups in total. The van der Waals surface area contributed by atoms with Gasteiger partial charge in [0.25, 0.3) is 0 Å². The number of urea groups is 1. The fraction of sp³-hybridized carbons (Fsp3) is 0.409. The summed E-state index contributed by atoms with van der Waals surface area (Å²) in [4.78, 5) is 14.3. The summed E-state index contributed by atoms with van der Waals surface area (Å²) in [5, 5.41) is 5.50. The Kier molecular flexibility index (Phi) is 6.98. The van der Waals surface area contributed by atoms with Crippen LogP contribution in [-0.4, -0.2) is 36.6 Å². The van der Waals surface area contributed by atoms with Gasteiger partial charge in [-0.25, -0.2) is 13.6 Å². The summed E-state index contributed by atoms with van der Waals surface area (Å²) in [6.07, 6.45) is 2.85. The van der Waals surface area contributed by atoms with Crippen LogP contribution < -0.4 is 10.6 Å². The van der Waals surface area contributed by atoms with Crippen LogP contribution in [0.2, 0.25) is 0 Å². The van der Waals surface area contributed by atoms with Crippen molar-refractivity contribution < 1.29 is 13.6 Å². The highest BCUT2D eigenvalue weighted by Gasteiger charge is 2.30. The molecule has 0 spiro atoms. The standard InChI is InChI=1S/C22H27F2N3O/c1-16-19(20-6-2-3-8-21(20)24)7-4-14-27(16)15-5-13-25-22(28)26-18-11-9-17(23)10-12-18/h2-3,6,8-12,16,19H,4-5,7,13-15H2,1H3,(H2,25,26,28). The molecule has 2 aromatic rings. The number of anilines is 1. The van der Waals surface area contributed by atoms with Crippen molar-refractivity contribution in [2.45, 2.75) is 38.1 Å². The summed E-state index contributed by atoms with van der Waals surface area (Å²) < 4.78 is 27.1. The number of carbonyl (C=O) groups excluding carboxylic acids is 1. The third kappa shape index (κ3) is 5.29. The summed E-state index contributed by atoms with van der Waals surface area (Å²) in [6.45, 7) is 4.54. The van der Waals surface area contributed by atoms with E-state index in [1.807, 2.05) is 12.1 Å². The monoisotopic (exact) mass is 387 g/mol. The molecule has 0 aliphatic carbocycles. The van der Waals surface area contributed by atoms with Crippen LogP contribution in [-0.2, 0) is 0 Å². The van der Waals surface area contributed by atoms with Crippen LogP contribution in [0.1, 0.15) is 37.7 Å². The van der Waals surface area contributed by atoms with Gasteiger partial charge >= 0.3 is 6.03 Å². The molecular weight excluding hydrogens is 360 g/mol. The minimum absolute atomic E-state index is 0.125. The molecule has 2 unspecified atom stereocenters. The number of nitrogens with zero attached hydrogens (tertiary/aromatic N) is 1. The van der Waals surface area contributed by atoms with Gasteiger partial charge in [0.15, 0.2) is 0 Å². The van der Waals surface area contributed by atoms with Crippen molar-refractivity contribution in [3.63, 3.8) is 0 Å². The number of rotatable bonds is 6. The summed E-state index contributed by atoms with van der Waals surface area (Å²) >= 11 is 0. The molecule has 1 aliphatic heterocycles. The fourth-order valence-electron chi connectivity index (χ4n) is 3.91. The largest absolute Gasteiger partial charge is 0.338 e. The average molecular weight is 387 g/mol. The lowest BCUT2D eigenvalue weighted by Crippen LogP contribution is -2.43. The molecule has 6 heteroatoms. The summed E-state index contributed by atoms with van der Waals surface area (Å²) in [6, 6.07) is 12.7. The molecule has 3 rings (SSSR count). The van der Waals surface area contributed by atoms with E-state index in [1.54, 1.807) is 6.07 Å². The minimum Gasteiger partial charge on any atom is -0.338 e.